The van der Waals surface area contributed by atoms with Crippen LogP contribution in [0, 0.1) is 36.0 Å². The number of nitrogens with zero attached hydrogens (tertiary/aromatic N) is 1. The van der Waals surface area contributed by atoms with Crippen molar-refractivity contribution in [2.75, 3.05) is 0 Å². The summed E-state index contributed by atoms with van der Waals surface area (Å²) in [5.74, 6) is 2.60. The predicted octanol–water partition coefficient (Wildman–Crippen LogP) is 8.30. The lowest BCUT2D eigenvalue weighted by atomic mass is 9.54. The third-order valence-corrected chi connectivity index (χ3v) is 7.88. The van der Waals surface area contributed by atoms with Crippen molar-refractivity contribution in [3.05, 3.63) is 83.4 Å². The molecule has 3 aromatic rings. The minimum atomic E-state index is 0.395. The van der Waals surface area contributed by atoms with Gasteiger partial charge in [0.2, 0.25) is 0 Å². The van der Waals surface area contributed by atoms with Crippen LogP contribution in [-0.2, 0) is 5.41 Å². The Morgan fingerprint density at radius 3 is 1.81 bits per heavy atom. The fourth-order valence-electron chi connectivity index (χ4n) is 6.94. The van der Waals surface area contributed by atoms with Crippen LogP contribution in [0.15, 0.2) is 66.7 Å². The molecule has 2 bridgehead atoms. The molecule has 0 saturated heterocycles. The van der Waals surface area contributed by atoms with E-state index in [1.54, 1.807) is 5.56 Å². The van der Waals surface area contributed by atoms with E-state index < -0.39 is 0 Å². The number of fused-ring (bicyclic) bond motifs is 2. The zero-order valence-electron chi connectivity index (χ0n) is 19.6. The summed E-state index contributed by atoms with van der Waals surface area (Å²) in [6.07, 6.45) is 6.93. The predicted molar refractivity (Wildman–Crippen MR) is 133 cm³/mol. The molecule has 162 valence electrons. The molecule has 0 aliphatic heterocycles. The van der Waals surface area contributed by atoms with Gasteiger partial charge in [-0.15, -0.1) is 0 Å². The average Bonchev–Trinajstić information content (AvgIpc) is 2.78. The van der Waals surface area contributed by atoms with Crippen molar-refractivity contribution in [3.63, 3.8) is 0 Å². The molecule has 32 heavy (non-hydrogen) atoms. The fraction of sp³-hybridized carbons (Fsp3) is 0.387. The second-order valence-corrected chi connectivity index (χ2v) is 10.8. The minimum absolute atomic E-state index is 0.395. The van der Waals surface area contributed by atoms with Crippen LogP contribution >= 0.6 is 0 Å². The van der Waals surface area contributed by atoms with Gasteiger partial charge in [-0.25, -0.2) is 0 Å². The van der Waals surface area contributed by atoms with Gasteiger partial charge in [0.05, 0.1) is 11.6 Å². The molecule has 1 nitrogen and oxygen atoms in total. The summed E-state index contributed by atoms with van der Waals surface area (Å²) < 4.78 is 0. The molecular weight excluding hydrogens is 386 g/mol. The Hall–Kier alpha value is -2.85. The lowest BCUT2D eigenvalue weighted by molar-refractivity contribution is 0.0780. The summed E-state index contributed by atoms with van der Waals surface area (Å²) in [6, 6.07) is 26.6. The van der Waals surface area contributed by atoms with Gasteiger partial charge in [0.15, 0.2) is 0 Å². The molecule has 2 aliphatic rings. The van der Waals surface area contributed by atoms with Crippen molar-refractivity contribution in [1.82, 2.24) is 0 Å². The molecule has 2 fully saturated rings. The molecule has 2 saturated carbocycles. The quantitative estimate of drug-likeness (QED) is 0.419. The van der Waals surface area contributed by atoms with Gasteiger partial charge in [-0.05, 0) is 108 Å². The summed E-state index contributed by atoms with van der Waals surface area (Å²) in [4.78, 5) is 0. The summed E-state index contributed by atoms with van der Waals surface area (Å²) >= 11 is 0. The highest BCUT2D eigenvalue weighted by Gasteiger charge is 2.45. The molecule has 1 unspecified atom stereocenters. The van der Waals surface area contributed by atoms with Gasteiger partial charge in [-0.1, -0.05) is 68.4 Å². The zero-order chi connectivity index (χ0) is 22.3. The van der Waals surface area contributed by atoms with Crippen molar-refractivity contribution in [2.45, 2.75) is 58.3 Å². The standard InChI is InChI=1S/C31H33N/c1-21-12-25(20-32)16-29(15-21)28-6-4-26(5-7-28)27-8-10-30(11-9-27)31-17-22(2)13-24(19-31)14-23(3)18-31/h4-12,15-16,22-24H,13-14,17-19H2,1-3H3/t22-,23+,24-,31?. The Labute approximate surface area is 193 Å². The van der Waals surface area contributed by atoms with Crippen molar-refractivity contribution < 1.29 is 0 Å². The minimum Gasteiger partial charge on any atom is -0.192 e. The van der Waals surface area contributed by atoms with Gasteiger partial charge in [-0.2, -0.15) is 5.26 Å². The Morgan fingerprint density at radius 2 is 1.25 bits per heavy atom. The van der Waals surface area contributed by atoms with E-state index in [0.717, 1.165) is 40.0 Å². The van der Waals surface area contributed by atoms with Crippen LogP contribution in [0.1, 0.15) is 62.6 Å². The summed E-state index contributed by atoms with van der Waals surface area (Å²) in [5, 5.41) is 9.28. The normalized spacial score (nSPS) is 27.0. The Morgan fingerprint density at radius 1 is 0.719 bits per heavy atom. The van der Waals surface area contributed by atoms with Crippen LogP contribution in [0.5, 0.6) is 0 Å². The maximum atomic E-state index is 9.28. The number of benzene rings is 3. The third kappa shape index (κ3) is 4.00. The molecule has 1 heteroatoms. The second-order valence-electron chi connectivity index (χ2n) is 10.8. The number of nitriles is 1. The van der Waals surface area contributed by atoms with E-state index in [4.69, 9.17) is 0 Å². The molecular formula is C31H33N. The average molecular weight is 420 g/mol. The van der Waals surface area contributed by atoms with E-state index in [2.05, 4.69) is 74.5 Å². The van der Waals surface area contributed by atoms with Crippen LogP contribution in [0.2, 0.25) is 0 Å². The second kappa shape index (κ2) is 8.25. The molecule has 0 radical (unpaired) electrons. The van der Waals surface area contributed by atoms with Crippen molar-refractivity contribution in [3.8, 4) is 28.3 Å². The van der Waals surface area contributed by atoms with Crippen LogP contribution < -0.4 is 0 Å². The Balaban J connectivity index is 1.40. The number of rotatable bonds is 3. The van der Waals surface area contributed by atoms with E-state index in [1.165, 1.54) is 43.2 Å². The molecule has 0 heterocycles. The van der Waals surface area contributed by atoms with Gasteiger partial charge in [0.25, 0.3) is 0 Å². The highest BCUT2D eigenvalue weighted by Crippen LogP contribution is 2.54. The molecule has 4 atom stereocenters. The SMILES string of the molecule is Cc1cc(C#N)cc(-c2ccc(-c3ccc(C45C[C@H](C)C[C@H](C[C@H](C)C4)C5)cc3)cc2)c1. The lowest BCUT2D eigenvalue weighted by Crippen LogP contribution is -2.42. The van der Waals surface area contributed by atoms with E-state index in [1.807, 2.05) is 19.1 Å². The highest BCUT2D eigenvalue weighted by atomic mass is 14.5. The monoisotopic (exact) mass is 419 g/mol. The maximum Gasteiger partial charge on any atom is 0.0991 e. The molecule has 0 aromatic heterocycles. The first-order chi connectivity index (χ1) is 15.4. The summed E-state index contributed by atoms with van der Waals surface area (Å²) in [6.45, 7) is 6.96. The van der Waals surface area contributed by atoms with E-state index in [9.17, 15) is 5.26 Å². The highest BCUT2D eigenvalue weighted by molar-refractivity contribution is 5.71. The summed E-state index contributed by atoms with van der Waals surface area (Å²) in [5.41, 5.74) is 8.58. The molecule has 2 aliphatic carbocycles. The van der Waals surface area contributed by atoms with Gasteiger partial charge >= 0.3 is 0 Å². The first-order valence-electron chi connectivity index (χ1n) is 12.2. The number of hydrogen-bond donors (Lipinski definition) is 0. The Bertz CT molecular complexity index is 1130. The van der Waals surface area contributed by atoms with Crippen molar-refractivity contribution >= 4 is 0 Å². The first-order valence-corrected chi connectivity index (χ1v) is 12.2. The Kier molecular flexibility index (Phi) is 5.42. The molecule has 0 N–H and O–H groups in total. The van der Waals surface area contributed by atoms with Crippen LogP contribution in [0.4, 0.5) is 0 Å². The number of hydrogen-bond acceptors (Lipinski definition) is 1. The van der Waals surface area contributed by atoms with Gasteiger partial charge in [0.1, 0.15) is 0 Å². The van der Waals surface area contributed by atoms with E-state index >= 15 is 0 Å². The largest absolute Gasteiger partial charge is 0.192 e. The van der Waals surface area contributed by atoms with Gasteiger partial charge < -0.3 is 0 Å². The van der Waals surface area contributed by atoms with Crippen LogP contribution in [0.3, 0.4) is 0 Å². The lowest BCUT2D eigenvalue weighted by Gasteiger charge is -2.50. The van der Waals surface area contributed by atoms with E-state index in [-0.39, 0.29) is 0 Å². The van der Waals surface area contributed by atoms with Gasteiger partial charge in [0, 0.05) is 0 Å². The molecule has 0 spiro atoms. The molecule has 5 rings (SSSR count). The van der Waals surface area contributed by atoms with Crippen molar-refractivity contribution in [1.29, 1.82) is 5.26 Å². The first kappa shape index (κ1) is 21.0. The van der Waals surface area contributed by atoms with Crippen molar-refractivity contribution in [2.24, 2.45) is 17.8 Å². The summed E-state index contributed by atoms with van der Waals surface area (Å²) in [7, 11) is 0. The molecule has 0 amide bonds. The smallest absolute Gasteiger partial charge is 0.0991 e. The van der Waals surface area contributed by atoms with Crippen LogP contribution in [0.25, 0.3) is 22.3 Å². The van der Waals surface area contributed by atoms with E-state index in [0.29, 0.717) is 5.41 Å². The maximum absolute atomic E-state index is 9.28. The van der Waals surface area contributed by atoms with Crippen LogP contribution in [-0.4, -0.2) is 0 Å². The molecule has 3 aromatic carbocycles. The third-order valence-electron chi connectivity index (χ3n) is 7.88. The zero-order valence-corrected chi connectivity index (χ0v) is 19.6. The number of aryl methyl sites for hydroxylation is 1. The topological polar surface area (TPSA) is 23.8 Å². The van der Waals surface area contributed by atoms with Gasteiger partial charge in [-0.3, -0.25) is 0 Å². The fourth-order valence-corrected chi connectivity index (χ4v) is 6.94.